The maximum atomic E-state index is 12.6. The lowest BCUT2D eigenvalue weighted by Crippen LogP contribution is -2.43. The highest BCUT2D eigenvalue weighted by Crippen LogP contribution is 2.30. The molecule has 2 rings (SSSR count). The third-order valence-corrected chi connectivity index (χ3v) is 3.46. The quantitative estimate of drug-likeness (QED) is 0.895. The summed E-state index contributed by atoms with van der Waals surface area (Å²) in [7, 11) is 4.91. The molecule has 1 unspecified atom stereocenters. The standard InChI is InChI=1S/C14H20N2O3/c1-16(12-8-5-9-15-12)14(17)13-10(18-2)6-4-7-11(13)19-3/h4,6-7,12,15H,5,8-9H2,1-3H3. The van der Waals surface area contributed by atoms with Crippen molar-refractivity contribution < 1.29 is 14.3 Å². The SMILES string of the molecule is COc1cccc(OC)c1C(=O)N(C)C1CCCN1. The van der Waals surface area contributed by atoms with E-state index in [0.717, 1.165) is 19.4 Å². The third kappa shape index (κ3) is 2.66. The monoisotopic (exact) mass is 264 g/mol. The molecular formula is C14H20N2O3. The summed E-state index contributed by atoms with van der Waals surface area (Å²) in [5.41, 5.74) is 0.476. The van der Waals surface area contributed by atoms with Gasteiger partial charge in [0.2, 0.25) is 0 Å². The van der Waals surface area contributed by atoms with E-state index in [-0.39, 0.29) is 12.1 Å². The fourth-order valence-electron chi connectivity index (χ4n) is 2.38. The molecule has 1 aliphatic heterocycles. The molecule has 5 nitrogen and oxygen atoms in total. The zero-order valence-electron chi connectivity index (χ0n) is 11.6. The summed E-state index contributed by atoms with van der Waals surface area (Å²) in [5, 5.41) is 3.31. The van der Waals surface area contributed by atoms with Crippen molar-refractivity contribution in [2.75, 3.05) is 27.8 Å². The fraction of sp³-hybridized carbons (Fsp3) is 0.500. The minimum absolute atomic E-state index is 0.0853. The molecular weight excluding hydrogens is 244 g/mol. The normalized spacial score (nSPS) is 18.2. The van der Waals surface area contributed by atoms with Crippen LogP contribution in [0.15, 0.2) is 18.2 Å². The Labute approximate surface area is 113 Å². The van der Waals surface area contributed by atoms with Crippen molar-refractivity contribution in [1.82, 2.24) is 10.2 Å². The number of nitrogens with zero attached hydrogens (tertiary/aromatic N) is 1. The minimum atomic E-state index is -0.0892. The number of nitrogens with one attached hydrogen (secondary N) is 1. The lowest BCUT2D eigenvalue weighted by Gasteiger charge is -2.26. The van der Waals surface area contributed by atoms with Gasteiger partial charge >= 0.3 is 0 Å². The maximum Gasteiger partial charge on any atom is 0.262 e. The van der Waals surface area contributed by atoms with Gasteiger partial charge in [-0.25, -0.2) is 0 Å². The lowest BCUT2D eigenvalue weighted by molar-refractivity contribution is 0.0711. The van der Waals surface area contributed by atoms with Crippen LogP contribution >= 0.6 is 0 Å². The molecule has 0 saturated carbocycles. The van der Waals surface area contributed by atoms with Gasteiger partial charge in [0, 0.05) is 7.05 Å². The highest BCUT2D eigenvalue weighted by molar-refractivity contribution is 5.99. The Morgan fingerprint density at radius 3 is 2.42 bits per heavy atom. The van der Waals surface area contributed by atoms with Crippen LogP contribution in [-0.4, -0.2) is 44.8 Å². The molecule has 0 radical (unpaired) electrons. The van der Waals surface area contributed by atoms with Crippen molar-refractivity contribution in [1.29, 1.82) is 0 Å². The van der Waals surface area contributed by atoms with Crippen LogP contribution in [0.3, 0.4) is 0 Å². The average molecular weight is 264 g/mol. The average Bonchev–Trinajstić information content (AvgIpc) is 2.98. The molecule has 1 N–H and O–H groups in total. The summed E-state index contributed by atoms with van der Waals surface area (Å²) in [4.78, 5) is 14.3. The molecule has 0 aliphatic carbocycles. The Bertz CT molecular complexity index is 434. The van der Waals surface area contributed by atoms with Crippen LogP contribution in [-0.2, 0) is 0 Å². The van der Waals surface area contributed by atoms with E-state index in [1.165, 1.54) is 0 Å². The van der Waals surface area contributed by atoms with Crippen molar-refractivity contribution in [3.63, 3.8) is 0 Å². The predicted molar refractivity (Wildman–Crippen MR) is 72.7 cm³/mol. The fourth-order valence-corrected chi connectivity index (χ4v) is 2.38. The second-order valence-corrected chi connectivity index (χ2v) is 4.57. The Morgan fingerprint density at radius 1 is 1.32 bits per heavy atom. The van der Waals surface area contributed by atoms with Gasteiger partial charge in [0.25, 0.3) is 5.91 Å². The molecule has 0 aromatic heterocycles. The number of amides is 1. The Hall–Kier alpha value is -1.75. The summed E-state index contributed by atoms with van der Waals surface area (Å²) >= 11 is 0. The Kier molecular flexibility index (Phi) is 4.27. The van der Waals surface area contributed by atoms with Crippen LogP contribution in [0.5, 0.6) is 11.5 Å². The van der Waals surface area contributed by atoms with Crippen LogP contribution in [0, 0.1) is 0 Å². The number of carbonyl (C=O) groups excluding carboxylic acids is 1. The summed E-state index contributed by atoms with van der Waals surface area (Å²) < 4.78 is 10.5. The zero-order chi connectivity index (χ0) is 13.8. The number of hydrogen-bond acceptors (Lipinski definition) is 4. The molecule has 5 heteroatoms. The van der Waals surface area contributed by atoms with Crippen LogP contribution in [0.1, 0.15) is 23.2 Å². The molecule has 1 aliphatic rings. The summed E-state index contributed by atoms with van der Waals surface area (Å²) in [6.07, 6.45) is 2.15. The van der Waals surface area contributed by atoms with Gasteiger partial charge in [0.1, 0.15) is 17.1 Å². The summed E-state index contributed by atoms with van der Waals surface area (Å²) in [5.74, 6) is 0.983. The first-order valence-corrected chi connectivity index (χ1v) is 6.40. The largest absolute Gasteiger partial charge is 0.496 e. The first kappa shape index (κ1) is 13.7. The second-order valence-electron chi connectivity index (χ2n) is 4.57. The topological polar surface area (TPSA) is 50.8 Å². The molecule has 1 fully saturated rings. The molecule has 1 aromatic rings. The Balaban J connectivity index is 2.31. The second kappa shape index (κ2) is 5.93. The highest BCUT2D eigenvalue weighted by atomic mass is 16.5. The van der Waals surface area contributed by atoms with Gasteiger partial charge in [-0.3, -0.25) is 10.1 Å². The molecule has 1 aromatic carbocycles. The first-order chi connectivity index (χ1) is 9.19. The van der Waals surface area contributed by atoms with E-state index in [1.807, 2.05) is 6.07 Å². The molecule has 19 heavy (non-hydrogen) atoms. The van der Waals surface area contributed by atoms with Crippen molar-refractivity contribution in [3.05, 3.63) is 23.8 Å². The summed E-state index contributed by atoms with van der Waals surface area (Å²) in [6, 6.07) is 5.35. The van der Waals surface area contributed by atoms with E-state index in [0.29, 0.717) is 17.1 Å². The lowest BCUT2D eigenvalue weighted by atomic mass is 10.1. The molecule has 0 bridgehead atoms. The predicted octanol–water partition coefficient (Wildman–Crippen LogP) is 1.49. The van der Waals surface area contributed by atoms with Crippen LogP contribution < -0.4 is 14.8 Å². The van der Waals surface area contributed by atoms with E-state index in [4.69, 9.17) is 9.47 Å². The van der Waals surface area contributed by atoms with Gasteiger partial charge in [-0.2, -0.15) is 0 Å². The van der Waals surface area contributed by atoms with Crippen molar-refractivity contribution in [2.24, 2.45) is 0 Å². The minimum Gasteiger partial charge on any atom is -0.496 e. The van der Waals surface area contributed by atoms with E-state index in [1.54, 1.807) is 38.3 Å². The highest BCUT2D eigenvalue weighted by Gasteiger charge is 2.27. The van der Waals surface area contributed by atoms with Crippen molar-refractivity contribution >= 4 is 5.91 Å². The van der Waals surface area contributed by atoms with Gasteiger partial charge in [-0.1, -0.05) is 6.07 Å². The summed E-state index contributed by atoms with van der Waals surface area (Å²) in [6.45, 7) is 0.950. The number of rotatable bonds is 4. The number of ether oxygens (including phenoxy) is 2. The molecule has 1 saturated heterocycles. The number of carbonyl (C=O) groups is 1. The molecule has 0 spiro atoms. The molecule has 1 amide bonds. The molecule has 104 valence electrons. The zero-order valence-corrected chi connectivity index (χ0v) is 11.6. The van der Waals surface area contributed by atoms with E-state index in [9.17, 15) is 4.79 Å². The van der Waals surface area contributed by atoms with E-state index >= 15 is 0 Å². The van der Waals surface area contributed by atoms with Crippen molar-refractivity contribution in [3.8, 4) is 11.5 Å². The Morgan fingerprint density at radius 2 is 1.95 bits per heavy atom. The van der Waals surface area contributed by atoms with Gasteiger partial charge in [0.05, 0.1) is 20.4 Å². The number of methoxy groups -OCH3 is 2. The van der Waals surface area contributed by atoms with Gasteiger partial charge < -0.3 is 14.4 Å². The number of hydrogen-bond donors (Lipinski definition) is 1. The first-order valence-electron chi connectivity index (χ1n) is 6.40. The maximum absolute atomic E-state index is 12.6. The van der Waals surface area contributed by atoms with Crippen LogP contribution in [0.4, 0.5) is 0 Å². The smallest absolute Gasteiger partial charge is 0.262 e. The van der Waals surface area contributed by atoms with Gasteiger partial charge in [0.15, 0.2) is 0 Å². The van der Waals surface area contributed by atoms with Crippen LogP contribution in [0.2, 0.25) is 0 Å². The third-order valence-electron chi connectivity index (χ3n) is 3.46. The van der Waals surface area contributed by atoms with Gasteiger partial charge in [-0.05, 0) is 31.5 Å². The molecule has 1 heterocycles. The van der Waals surface area contributed by atoms with Gasteiger partial charge in [-0.15, -0.1) is 0 Å². The van der Waals surface area contributed by atoms with E-state index in [2.05, 4.69) is 5.32 Å². The number of benzene rings is 1. The van der Waals surface area contributed by atoms with E-state index < -0.39 is 0 Å². The van der Waals surface area contributed by atoms with Crippen molar-refractivity contribution in [2.45, 2.75) is 19.0 Å². The molecule has 1 atom stereocenters. The van der Waals surface area contributed by atoms with Crippen LogP contribution in [0.25, 0.3) is 0 Å².